The summed E-state index contributed by atoms with van der Waals surface area (Å²) in [7, 11) is 3.64. The lowest BCUT2D eigenvalue weighted by Crippen LogP contribution is -2.36. The Morgan fingerprint density at radius 2 is 2.05 bits per heavy atom. The highest BCUT2D eigenvalue weighted by Gasteiger charge is 2.09. The molecular weight excluding hydrogens is 327 g/mol. The van der Waals surface area contributed by atoms with Gasteiger partial charge in [-0.15, -0.1) is 11.3 Å². The summed E-state index contributed by atoms with van der Waals surface area (Å²) in [6.45, 7) is 3.47. The summed E-state index contributed by atoms with van der Waals surface area (Å²) >= 11 is 13.8. The van der Waals surface area contributed by atoms with Gasteiger partial charge in [0.2, 0.25) is 0 Å². The van der Waals surface area contributed by atoms with Crippen molar-refractivity contribution in [1.82, 2.24) is 15.2 Å². The van der Waals surface area contributed by atoms with Gasteiger partial charge in [-0.05, 0) is 30.0 Å². The van der Waals surface area contributed by atoms with Crippen LogP contribution < -0.4 is 10.6 Å². The maximum Gasteiger partial charge on any atom is 0.191 e. The topological polar surface area (TPSA) is 41.4 Å². The standard InChI is InChI=1S/C14H18Cl2N4S/c1-9-4-5-21-12(9)8-19-14(17-2)18-7-10-6-11(15)13(16)20(10)3/h4-6H,7-8H2,1-3H3,(H2,17,18,19). The van der Waals surface area contributed by atoms with E-state index < -0.39 is 0 Å². The van der Waals surface area contributed by atoms with E-state index in [9.17, 15) is 0 Å². The van der Waals surface area contributed by atoms with Gasteiger partial charge in [-0.25, -0.2) is 0 Å². The fourth-order valence-corrected chi connectivity index (χ4v) is 3.16. The summed E-state index contributed by atoms with van der Waals surface area (Å²) in [4.78, 5) is 5.52. The number of aromatic nitrogens is 1. The van der Waals surface area contributed by atoms with E-state index in [-0.39, 0.29) is 0 Å². The van der Waals surface area contributed by atoms with Crippen LogP contribution in [0.2, 0.25) is 10.2 Å². The van der Waals surface area contributed by atoms with E-state index in [4.69, 9.17) is 23.2 Å². The Morgan fingerprint density at radius 1 is 1.33 bits per heavy atom. The van der Waals surface area contributed by atoms with Crippen molar-refractivity contribution in [3.8, 4) is 0 Å². The van der Waals surface area contributed by atoms with Crippen LogP contribution in [-0.4, -0.2) is 17.6 Å². The second kappa shape index (κ2) is 7.20. The summed E-state index contributed by atoms with van der Waals surface area (Å²) in [5.41, 5.74) is 2.30. The summed E-state index contributed by atoms with van der Waals surface area (Å²) in [6, 6.07) is 3.97. The van der Waals surface area contributed by atoms with E-state index in [1.54, 1.807) is 18.4 Å². The molecule has 4 nitrogen and oxygen atoms in total. The van der Waals surface area contributed by atoms with Crippen molar-refractivity contribution in [1.29, 1.82) is 0 Å². The molecule has 0 radical (unpaired) electrons. The molecule has 21 heavy (non-hydrogen) atoms. The average molecular weight is 345 g/mol. The van der Waals surface area contributed by atoms with E-state index in [0.29, 0.717) is 16.7 Å². The van der Waals surface area contributed by atoms with Crippen molar-refractivity contribution in [3.05, 3.63) is 43.8 Å². The van der Waals surface area contributed by atoms with Crippen LogP contribution in [0.15, 0.2) is 22.5 Å². The molecule has 0 aliphatic carbocycles. The van der Waals surface area contributed by atoms with Crippen LogP contribution in [0.3, 0.4) is 0 Å². The predicted molar refractivity (Wildman–Crippen MR) is 91.5 cm³/mol. The van der Waals surface area contributed by atoms with Gasteiger partial charge < -0.3 is 15.2 Å². The lowest BCUT2D eigenvalue weighted by atomic mass is 10.3. The average Bonchev–Trinajstić information content (AvgIpc) is 2.98. The molecule has 0 spiro atoms. The highest BCUT2D eigenvalue weighted by Crippen LogP contribution is 2.24. The quantitative estimate of drug-likeness (QED) is 0.657. The van der Waals surface area contributed by atoms with Gasteiger partial charge in [0.15, 0.2) is 5.96 Å². The van der Waals surface area contributed by atoms with Gasteiger partial charge in [0.25, 0.3) is 0 Å². The maximum absolute atomic E-state index is 6.05. The van der Waals surface area contributed by atoms with E-state index in [1.807, 2.05) is 17.7 Å². The lowest BCUT2D eigenvalue weighted by molar-refractivity contribution is 0.751. The van der Waals surface area contributed by atoms with Gasteiger partial charge in [-0.2, -0.15) is 0 Å². The third-order valence-electron chi connectivity index (χ3n) is 3.26. The van der Waals surface area contributed by atoms with Crippen LogP contribution >= 0.6 is 34.5 Å². The van der Waals surface area contributed by atoms with E-state index in [0.717, 1.165) is 18.2 Å². The molecule has 0 atom stereocenters. The number of halogens is 2. The highest BCUT2D eigenvalue weighted by atomic mass is 35.5. The Balaban J connectivity index is 1.91. The first kappa shape index (κ1) is 16.2. The van der Waals surface area contributed by atoms with Gasteiger partial charge in [-0.1, -0.05) is 23.2 Å². The van der Waals surface area contributed by atoms with E-state index in [1.165, 1.54) is 10.4 Å². The predicted octanol–water partition coefficient (Wildman–Crippen LogP) is 3.57. The third-order valence-corrected chi connectivity index (χ3v) is 5.13. The molecule has 114 valence electrons. The van der Waals surface area contributed by atoms with E-state index in [2.05, 4.69) is 34.0 Å². The second-order valence-electron chi connectivity index (χ2n) is 4.64. The fourth-order valence-electron chi connectivity index (χ4n) is 1.90. The zero-order valence-corrected chi connectivity index (χ0v) is 14.5. The lowest BCUT2D eigenvalue weighted by Gasteiger charge is -2.12. The minimum absolute atomic E-state index is 0.547. The van der Waals surface area contributed by atoms with Crippen molar-refractivity contribution in [3.63, 3.8) is 0 Å². The van der Waals surface area contributed by atoms with Gasteiger partial charge in [-0.3, -0.25) is 4.99 Å². The van der Waals surface area contributed by atoms with Crippen LogP contribution in [0.1, 0.15) is 16.1 Å². The first-order valence-electron chi connectivity index (χ1n) is 6.50. The molecule has 2 aromatic heterocycles. The van der Waals surface area contributed by atoms with Crippen molar-refractivity contribution >= 4 is 40.5 Å². The number of thiophene rings is 1. The van der Waals surface area contributed by atoms with Crippen LogP contribution in [-0.2, 0) is 20.1 Å². The smallest absolute Gasteiger partial charge is 0.191 e. The largest absolute Gasteiger partial charge is 0.352 e. The Bertz CT molecular complexity index is 645. The summed E-state index contributed by atoms with van der Waals surface area (Å²) in [6.07, 6.45) is 0. The molecule has 2 aromatic rings. The van der Waals surface area contributed by atoms with Crippen LogP contribution in [0.4, 0.5) is 0 Å². The van der Waals surface area contributed by atoms with Crippen molar-refractivity contribution in [2.75, 3.05) is 7.05 Å². The molecule has 2 heterocycles. The molecule has 2 rings (SSSR count). The van der Waals surface area contributed by atoms with Crippen molar-refractivity contribution < 1.29 is 0 Å². The fraction of sp³-hybridized carbons (Fsp3) is 0.357. The summed E-state index contributed by atoms with van der Waals surface area (Å²) in [5, 5.41) is 9.76. The molecular formula is C14H18Cl2N4S. The van der Waals surface area contributed by atoms with Gasteiger partial charge in [0.05, 0.1) is 18.1 Å². The Labute approximate surface area is 138 Å². The van der Waals surface area contributed by atoms with Crippen molar-refractivity contribution in [2.24, 2.45) is 12.0 Å². The molecule has 0 saturated heterocycles. The number of aliphatic imine (C=N–C) groups is 1. The number of hydrogen-bond donors (Lipinski definition) is 2. The van der Waals surface area contributed by atoms with Crippen LogP contribution in [0.25, 0.3) is 0 Å². The molecule has 0 aromatic carbocycles. The van der Waals surface area contributed by atoms with Gasteiger partial charge in [0, 0.05) is 24.7 Å². The molecule has 0 aliphatic rings. The zero-order chi connectivity index (χ0) is 15.4. The molecule has 0 saturated carbocycles. The molecule has 0 bridgehead atoms. The first-order chi connectivity index (χ1) is 10.0. The SMILES string of the molecule is CN=C(NCc1sccc1C)NCc1cc(Cl)c(Cl)n1C. The minimum atomic E-state index is 0.547. The number of hydrogen-bond acceptors (Lipinski definition) is 2. The third kappa shape index (κ3) is 3.93. The molecule has 7 heteroatoms. The highest BCUT2D eigenvalue weighted by molar-refractivity contribution is 7.10. The molecule has 0 aliphatic heterocycles. The number of aryl methyl sites for hydroxylation is 1. The number of nitrogens with one attached hydrogen (secondary N) is 2. The van der Waals surface area contributed by atoms with Crippen molar-refractivity contribution in [2.45, 2.75) is 20.0 Å². The number of nitrogens with zero attached hydrogens (tertiary/aromatic N) is 2. The summed E-state index contributed by atoms with van der Waals surface area (Å²) < 4.78 is 1.85. The summed E-state index contributed by atoms with van der Waals surface area (Å²) in [5.74, 6) is 0.747. The molecule has 0 fully saturated rings. The molecule has 2 N–H and O–H groups in total. The van der Waals surface area contributed by atoms with E-state index >= 15 is 0 Å². The molecule has 0 unspecified atom stereocenters. The molecule has 0 amide bonds. The Kier molecular flexibility index (Phi) is 5.56. The normalized spacial score (nSPS) is 11.8. The number of guanidine groups is 1. The monoisotopic (exact) mass is 344 g/mol. The van der Waals surface area contributed by atoms with Crippen LogP contribution in [0.5, 0.6) is 0 Å². The minimum Gasteiger partial charge on any atom is -0.352 e. The second-order valence-corrected chi connectivity index (χ2v) is 6.41. The first-order valence-corrected chi connectivity index (χ1v) is 8.13. The van der Waals surface area contributed by atoms with Crippen LogP contribution in [0, 0.1) is 6.92 Å². The zero-order valence-electron chi connectivity index (χ0n) is 12.2. The number of rotatable bonds is 4. The van der Waals surface area contributed by atoms with Gasteiger partial charge >= 0.3 is 0 Å². The maximum atomic E-state index is 6.05. The van der Waals surface area contributed by atoms with Gasteiger partial charge in [0.1, 0.15) is 5.15 Å². The Hall–Kier alpha value is -1.17. The Morgan fingerprint density at radius 3 is 2.57 bits per heavy atom.